The molecule has 1 saturated carbocycles. The summed E-state index contributed by atoms with van der Waals surface area (Å²) in [5.41, 5.74) is 0. The molecule has 1 aromatic rings. The lowest BCUT2D eigenvalue weighted by Crippen LogP contribution is -2.53. The maximum atomic E-state index is 13.4. The number of alkyl halides is 2. The highest BCUT2D eigenvalue weighted by Gasteiger charge is 2.44. The number of hydrogen-bond donors (Lipinski definition) is 1. The summed E-state index contributed by atoms with van der Waals surface area (Å²) in [6, 6.07) is 4.72. The first kappa shape index (κ1) is 24.9. The molecule has 1 aliphatic carbocycles. The number of nitrogens with zero attached hydrogens (tertiary/aromatic N) is 2. The van der Waals surface area contributed by atoms with Gasteiger partial charge in [0, 0.05) is 31.2 Å². The maximum absolute atomic E-state index is 13.4. The number of nitrogens with one attached hydrogen (secondary N) is 1. The van der Waals surface area contributed by atoms with Gasteiger partial charge in [-0.25, -0.2) is 8.42 Å². The molecule has 0 spiro atoms. The van der Waals surface area contributed by atoms with Crippen LogP contribution in [0.4, 0.5) is 8.78 Å². The molecule has 1 aromatic carbocycles. The number of likely N-dealkylation sites (tertiary alicyclic amines) is 1. The van der Waals surface area contributed by atoms with Crippen LogP contribution in [0.1, 0.15) is 46.0 Å². The van der Waals surface area contributed by atoms with Crippen molar-refractivity contribution in [3.63, 3.8) is 0 Å². The fourth-order valence-corrected chi connectivity index (χ4v) is 6.29. The van der Waals surface area contributed by atoms with Crippen LogP contribution >= 0.6 is 0 Å². The van der Waals surface area contributed by atoms with E-state index in [1.54, 1.807) is 11.4 Å². The molecule has 3 rings (SSSR count). The molecule has 32 heavy (non-hydrogen) atoms. The Hall–Kier alpha value is -1.78. The van der Waals surface area contributed by atoms with Crippen molar-refractivity contribution < 1.29 is 26.7 Å². The zero-order chi connectivity index (χ0) is 23.5. The first-order valence-corrected chi connectivity index (χ1v) is 12.6. The number of halogens is 2. The lowest BCUT2D eigenvalue weighted by Gasteiger charge is -2.39. The van der Waals surface area contributed by atoms with Crippen molar-refractivity contribution in [3.05, 3.63) is 24.3 Å². The zero-order valence-electron chi connectivity index (χ0n) is 18.8. The highest BCUT2D eigenvalue weighted by molar-refractivity contribution is 7.89. The normalized spacial score (nSPS) is 19.1. The van der Waals surface area contributed by atoms with Gasteiger partial charge in [-0.1, -0.05) is 19.9 Å². The van der Waals surface area contributed by atoms with E-state index in [-0.39, 0.29) is 34.7 Å². The van der Waals surface area contributed by atoms with Crippen LogP contribution in [-0.2, 0) is 14.8 Å². The molecule has 10 heteroatoms. The van der Waals surface area contributed by atoms with Crippen LogP contribution in [0.25, 0.3) is 0 Å². The average Bonchev–Trinajstić information content (AvgIpc) is 3.56. The van der Waals surface area contributed by atoms with Crippen LogP contribution in [-0.4, -0.2) is 68.4 Å². The number of benzene rings is 1. The second kappa shape index (κ2) is 10.4. The summed E-state index contributed by atoms with van der Waals surface area (Å²) in [6.07, 6.45) is 3.40. The molecule has 0 radical (unpaired) electrons. The largest absolute Gasteiger partial charge is 0.435 e. The van der Waals surface area contributed by atoms with Crippen LogP contribution < -0.4 is 10.1 Å². The van der Waals surface area contributed by atoms with Gasteiger partial charge in [-0.05, 0) is 57.2 Å². The Morgan fingerprint density at radius 2 is 1.81 bits per heavy atom. The molecule has 1 atom stereocenters. The third kappa shape index (κ3) is 5.96. The number of ether oxygens (including phenoxy) is 1. The Labute approximate surface area is 189 Å². The van der Waals surface area contributed by atoms with E-state index in [0.29, 0.717) is 31.8 Å². The molecule has 2 aliphatic rings. The number of likely N-dealkylation sites (N-methyl/N-ethyl adjacent to an activating group) is 1. The van der Waals surface area contributed by atoms with Gasteiger partial charge in [0.05, 0.1) is 10.9 Å². The molecule has 180 valence electrons. The van der Waals surface area contributed by atoms with Gasteiger partial charge in [0.2, 0.25) is 15.9 Å². The molecule has 2 fully saturated rings. The number of piperidine rings is 1. The van der Waals surface area contributed by atoms with Crippen LogP contribution in [0, 0.1) is 5.92 Å². The van der Waals surface area contributed by atoms with Gasteiger partial charge < -0.3 is 15.0 Å². The minimum Gasteiger partial charge on any atom is -0.435 e. The van der Waals surface area contributed by atoms with Gasteiger partial charge >= 0.3 is 6.61 Å². The van der Waals surface area contributed by atoms with Crippen LogP contribution in [0.2, 0.25) is 0 Å². The fraction of sp³-hybridized carbons (Fsp3) is 0.682. The number of sulfonamides is 1. The van der Waals surface area contributed by atoms with Crippen LogP contribution in [0.15, 0.2) is 29.2 Å². The number of hydrogen-bond acceptors (Lipinski definition) is 5. The Morgan fingerprint density at radius 1 is 1.19 bits per heavy atom. The topological polar surface area (TPSA) is 79.0 Å². The van der Waals surface area contributed by atoms with Crippen molar-refractivity contribution in [1.29, 1.82) is 0 Å². The Bertz CT molecular complexity index is 885. The number of rotatable bonds is 10. The summed E-state index contributed by atoms with van der Waals surface area (Å²) in [4.78, 5) is 14.7. The van der Waals surface area contributed by atoms with Crippen LogP contribution in [0.5, 0.6) is 5.75 Å². The highest BCUT2D eigenvalue weighted by atomic mass is 32.2. The van der Waals surface area contributed by atoms with Gasteiger partial charge in [-0.3, -0.25) is 4.79 Å². The lowest BCUT2D eigenvalue weighted by atomic mass is 10.00. The molecular weight excluding hydrogens is 440 g/mol. The standard InChI is InChI=1S/C22H33F2N3O4S/c1-15(2)13-20(25-3)21(28)26-11-9-17(10-12-26)27(16-7-8-16)32(29,30)19-6-4-5-18(14-19)31-22(23)24/h4-6,14-17,20,22,25H,7-13H2,1-3H3/t20-/m0/s1. The van der Waals surface area contributed by atoms with Gasteiger partial charge in [0.25, 0.3) is 0 Å². The van der Waals surface area contributed by atoms with Gasteiger partial charge in [-0.15, -0.1) is 0 Å². The van der Waals surface area contributed by atoms with E-state index in [4.69, 9.17) is 0 Å². The molecule has 1 heterocycles. The minimum absolute atomic E-state index is 0.0479. The van der Waals surface area contributed by atoms with E-state index in [9.17, 15) is 22.0 Å². The molecule has 1 aliphatic heterocycles. The van der Waals surface area contributed by atoms with E-state index < -0.39 is 16.6 Å². The summed E-state index contributed by atoms with van der Waals surface area (Å²) in [7, 11) is -2.10. The second-order valence-electron chi connectivity index (χ2n) is 8.95. The zero-order valence-corrected chi connectivity index (χ0v) is 19.7. The fourth-order valence-electron chi connectivity index (χ4n) is 4.33. The third-order valence-electron chi connectivity index (χ3n) is 6.00. The molecule has 0 bridgehead atoms. The summed E-state index contributed by atoms with van der Waals surface area (Å²) in [5.74, 6) is 0.257. The van der Waals surface area contributed by atoms with Crippen molar-refractivity contribution >= 4 is 15.9 Å². The van der Waals surface area contributed by atoms with Gasteiger partial charge in [0.1, 0.15) is 5.75 Å². The summed E-state index contributed by atoms with van der Waals surface area (Å²) >= 11 is 0. The highest BCUT2D eigenvalue weighted by Crippen LogP contribution is 2.37. The molecule has 7 nitrogen and oxygen atoms in total. The van der Waals surface area contributed by atoms with E-state index >= 15 is 0 Å². The maximum Gasteiger partial charge on any atom is 0.387 e. The van der Waals surface area contributed by atoms with Crippen molar-refractivity contribution in [2.75, 3.05) is 20.1 Å². The average molecular weight is 474 g/mol. The Kier molecular flexibility index (Phi) is 8.11. The monoisotopic (exact) mass is 473 g/mol. The van der Waals surface area contributed by atoms with E-state index in [1.165, 1.54) is 18.2 Å². The van der Waals surface area contributed by atoms with E-state index in [1.807, 2.05) is 4.90 Å². The summed E-state index contributed by atoms with van der Waals surface area (Å²) < 4.78 is 57.9. The SMILES string of the molecule is CN[C@@H](CC(C)C)C(=O)N1CCC(N(C2CC2)S(=O)(=O)c2cccc(OC(F)F)c2)CC1. The third-order valence-corrected chi connectivity index (χ3v) is 8.00. The number of carbonyl (C=O) groups excluding carboxylic acids is 1. The summed E-state index contributed by atoms with van der Waals surface area (Å²) in [6.45, 7) is 2.11. The van der Waals surface area contributed by atoms with Crippen molar-refractivity contribution in [2.24, 2.45) is 5.92 Å². The molecule has 1 N–H and O–H groups in total. The molecular formula is C22H33F2N3O4S. The number of carbonyl (C=O) groups is 1. The lowest BCUT2D eigenvalue weighted by molar-refractivity contribution is -0.135. The molecule has 0 aromatic heterocycles. The first-order chi connectivity index (χ1) is 15.1. The van der Waals surface area contributed by atoms with Gasteiger partial charge in [-0.2, -0.15) is 13.1 Å². The minimum atomic E-state index is -3.88. The van der Waals surface area contributed by atoms with E-state index in [2.05, 4.69) is 23.9 Å². The van der Waals surface area contributed by atoms with Crippen LogP contribution in [0.3, 0.4) is 0 Å². The predicted octanol–water partition coefficient (Wildman–Crippen LogP) is 3.07. The second-order valence-corrected chi connectivity index (χ2v) is 10.8. The number of amides is 1. The predicted molar refractivity (Wildman–Crippen MR) is 117 cm³/mol. The molecule has 1 amide bonds. The van der Waals surface area contributed by atoms with Gasteiger partial charge in [0.15, 0.2) is 0 Å². The van der Waals surface area contributed by atoms with Crippen molar-refractivity contribution in [3.8, 4) is 5.75 Å². The van der Waals surface area contributed by atoms with Crippen molar-refractivity contribution in [1.82, 2.24) is 14.5 Å². The Balaban J connectivity index is 1.72. The Morgan fingerprint density at radius 3 is 2.34 bits per heavy atom. The quantitative estimate of drug-likeness (QED) is 0.565. The molecule has 1 saturated heterocycles. The smallest absolute Gasteiger partial charge is 0.387 e. The first-order valence-electron chi connectivity index (χ1n) is 11.2. The van der Waals surface area contributed by atoms with E-state index in [0.717, 1.165) is 25.3 Å². The van der Waals surface area contributed by atoms with Crippen molar-refractivity contribution in [2.45, 2.75) is 75.6 Å². The molecule has 0 unspecified atom stereocenters. The summed E-state index contributed by atoms with van der Waals surface area (Å²) in [5, 5.41) is 3.09.